The zero-order valence-corrected chi connectivity index (χ0v) is 9.87. The lowest BCUT2D eigenvalue weighted by Gasteiger charge is -2.04. The van der Waals surface area contributed by atoms with E-state index in [4.69, 9.17) is 21.1 Å². The lowest BCUT2D eigenvalue weighted by molar-refractivity contribution is 0.0313. The molecule has 1 aromatic rings. The number of ether oxygens (including phenoxy) is 2. The number of aromatic nitrogens is 1. The number of esters is 1. The van der Waals surface area contributed by atoms with Gasteiger partial charge in [-0.1, -0.05) is 18.5 Å². The summed E-state index contributed by atoms with van der Waals surface area (Å²) < 4.78 is 10.1. The minimum atomic E-state index is -0.484. The highest BCUT2D eigenvalue weighted by Gasteiger charge is 2.08. The van der Waals surface area contributed by atoms with E-state index in [1.54, 1.807) is 6.07 Å². The number of pyridine rings is 1. The van der Waals surface area contributed by atoms with Crippen LogP contribution in [0, 0.1) is 0 Å². The summed E-state index contributed by atoms with van der Waals surface area (Å²) in [6.45, 7) is 3.32. The Bertz CT molecular complexity index is 344. The standard InChI is InChI=1S/C11H14ClNO3/c1-2-5-15-6-7-16-11(14)10-8-9(12)3-4-13-10/h3-4,8H,2,5-7H2,1H3. The Morgan fingerprint density at radius 1 is 1.44 bits per heavy atom. The van der Waals surface area contributed by atoms with Crippen LogP contribution in [-0.2, 0) is 9.47 Å². The first-order chi connectivity index (χ1) is 7.74. The zero-order chi connectivity index (χ0) is 11.8. The van der Waals surface area contributed by atoms with E-state index >= 15 is 0 Å². The van der Waals surface area contributed by atoms with Crippen LogP contribution in [0.4, 0.5) is 0 Å². The van der Waals surface area contributed by atoms with E-state index in [0.717, 1.165) is 6.42 Å². The van der Waals surface area contributed by atoms with Crippen LogP contribution in [0.15, 0.2) is 18.3 Å². The molecule has 0 amide bonds. The van der Waals surface area contributed by atoms with Crippen LogP contribution in [0.3, 0.4) is 0 Å². The summed E-state index contributed by atoms with van der Waals surface area (Å²) in [6.07, 6.45) is 2.41. The van der Waals surface area contributed by atoms with Crippen LogP contribution in [-0.4, -0.2) is 30.8 Å². The highest BCUT2D eigenvalue weighted by atomic mass is 35.5. The molecule has 0 radical (unpaired) electrons. The number of rotatable bonds is 6. The van der Waals surface area contributed by atoms with Gasteiger partial charge in [-0.05, 0) is 18.6 Å². The van der Waals surface area contributed by atoms with Gasteiger partial charge in [-0.25, -0.2) is 9.78 Å². The van der Waals surface area contributed by atoms with Crippen molar-refractivity contribution in [3.63, 3.8) is 0 Å². The normalized spacial score (nSPS) is 10.1. The third-order valence-electron chi connectivity index (χ3n) is 1.74. The van der Waals surface area contributed by atoms with Gasteiger partial charge in [0.1, 0.15) is 12.3 Å². The molecular weight excluding hydrogens is 230 g/mol. The molecule has 0 unspecified atom stereocenters. The largest absolute Gasteiger partial charge is 0.459 e. The van der Waals surface area contributed by atoms with Gasteiger partial charge in [-0.15, -0.1) is 0 Å². The van der Waals surface area contributed by atoms with Crippen molar-refractivity contribution in [1.29, 1.82) is 0 Å². The molecule has 0 N–H and O–H groups in total. The lowest BCUT2D eigenvalue weighted by atomic mass is 10.3. The van der Waals surface area contributed by atoms with Crippen molar-refractivity contribution in [3.8, 4) is 0 Å². The molecule has 4 nitrogen and oxygen atoms in total. The van der Waals surface area contributed by atoms with Gasteiger partial charge in [-0.2, -0.15) is 0 Å². The van der Waals surface area contributed by atoms with Gasteiger partial charge < -0.3 is 9.47 Å². The summed E-state index contributed by atoms with van der Waals surface area (Å²) in [4.78, 5) is 15.3. The van der Waals surface area contributed by atoms with Crippen molar-refractivity contribution in [2.75, 3.05) is 19.8 Å². The second-order valence-corrected chi connectivity index (χ2v) is 3.54. The molecule has 1 heterocycles. The maximum atomic E-state index is 11.4. The summed E-state index contributed by atoms with van der Waals surface area (Å²) in [5.74, 6) is -0.484. The average molecular weight is 244 g/mol. The number of hydrogen-bond acceptors (Lipinski definition) is 4. The fourth-order valence-corrected chi connectivity index (χ4v) is 1.19. The number of carbonyl (C=O) groups is 1. The van der Waals surface area contributed by atoms with Crippen LogP contribution in [0.25, 0.3) is 0 Å². The fraction of sp³-hybridized carbons (Fsp3) is 0.455. The Balaban J connectivity index is 2.30. The van der Waals surface area contributed by atoms with E-state index in [9.17, 15) is 4.79 Å². The SMILES string of the molecule is CCCOCCOC(=O)c1cc(Cl)ccn1. The Kier molecular flexibility index (Phi) is 5.82. The van der Waals surface area contributed by atoms with E-state index in [0.29, 0.717) is 18.2 Å². The molecule has 0 spiro atoms. The Hall–Kier alpha value is -1.13. The molecule has 88 valence electrons. The predicted molar refractivity (Wildman–Crippen MR) is 60.6 cm³/mol. The second-order valence-electron chi connectivity index (χ2n) is 3.11. The Labute approximate surface area is 99.5 Å². The molecule has 0 saturated carbocycles. The second kappa shape index (κ2) is 7.19. The summed E-state index contributed by atoms with van der Waals surface area (Å²) in [5.41, 5.74) is 0.211. The van der Waals surface area contributed by atoms with Crippen molar-refractivity contribution in [3.05, 3.63) is 29.0 Å². The van der Waals surface area contributed by atoms with E-state index in [2.05, 4.69) is 4.98 Å². The maximum absolute atomic E-state index is 11.4. The minimum Gasteiger partial charge on any atom is -0.459 e. The number of nitrogens with zero attached hydrogens (tertiary/aromatic N) is 1. The first-order valence-corrected chi connectivity index (χ1v) is 5.48. The number of hydrogen-bond donors (Lipinski definition) is 0. The van der Waals surface area contributed by atoms with Crippen LogP contribution >= 0.6 is 11.6 Å². The van der Waals surface area contributed by atoms with Crippen LogP contribution < -0.4 is 0 Å². The molecule has 0 saturated heterocycles. The third kappa shape index (κ3) is 4.59. The third-order valence-corrected chi connectivity index (χ3v) is 1.98. The van der Waals surface area contributed by atoms with Gasteiger partial charge in [0.15, 0.2) is 0 Å². The fourth-order valence-electron chi connectivity index (χ4n) is 1.03. The van der Waals surface area contributed by atoms with Crippen LogP contribution in [0.1, 0.15) is 23.8 Å². The Morgan fingerprint density at radius 2 is 2.25 bits per heavy atom. The summed E-state index contributed by atoms with van der Waals surface area (Å²) in [7, 11) is 0. The molecular formula is C11H14ClNO3. The molecule has 0 aliphatic heterocycles. The molecule has 0 aromatic carbocycles. The van der Waals surface area contributed by atoms with Gasteiger partial charge in [0, 0.05) is 17.8 Å². The maximum Gasteiger partial charge on any atom is 0.357 e. The molecule has 0 aliphatic carbocycles. The summed E-state index contributed by atoms with van der Waals surface area (Å²) in [6, 6.07) is 3.07. The molecule has 0 atom stereocenters. The van der Waals surface area contributed by atoms with Crippen LogP contribution in [0.2, 0.25) is 5.02 Å². The van der Waals surface area contributed by atoms with Crippen molar-refractivity contribution in [2.24, 2.45) is 0 Å². The van der Waals surface area contributed by atoms with E-state index < -0.39 is 5.97 Å². The number of halogens is 1. The van der Waals surface area contributed by atoms with Gasteiger partial charge in [0.2, 0.25) is 0 Å². The van der Waals surface area contributed by atoms with Gasteiger partial charge in [0.05, 0.1) is 6.61 Å². The molecule has 16 heavy (non-hydrogen) atoms. The van der Waals surface area contributed by atoms with Crippen molar-refractivity contribution >= 4 is 17.6 Å². The van der Waals surface area contributed by atoms with Crippen LogP contribution in [0.5, 0.6) is 0 Å². The molecule has 0 fully saturated rings. The van der Waals surface area contributed by atoms with Gasteiger partial charge in [-0.3, -0.25) is 0 Å². The van der Waals surface area contributed by atoms with Crippen molar-refractivity contribution < 1.29 is 14.3 Å². The summed E-state index contributed by atoms with van der Waals surface area (Å²) >= 11 is 5.72. The average Bonchev–Trinajstić information content (AvgIpc) is 2.28. The van der Waals surface area contributed by atoms with E-state index in [-0.39, 0.29) is 12.3 Å². The topological polar surface area (TPSA) is 48.4 Å². The molecule has 1 rings (SSSR count). The zero-order valence-electron chi connectivity index (χ0n) is 9.11. The molecule has 0 bridgehead atoms. The van der Waals surface area contributed by atoms with E-state index in [1.807, 2.05) is 6.92 Å². The van der Waals surface area contributed by atoms with Crippen molar-refractivity contribution in [1.82, 2.24) is 4.98 Å². The lowest BCUT2D eigenvalue weighted by Crippen LogP contribution is -2.12. The molecule has 0 aliphatic rings. The predicted octanol–water partition coefficient (Wildman–Crippen LogP) is 2.32. The van der Waals surface area contributed by atoms with Gasteiger partial charge >= 0.3 is 5.97 Å². The van der Waals surface area contributed by atoms with E-state index in [1.165, 1.54) is 12.3 Å². The quantitative estimate of drug-likeness (QED) is 0.568. The summed E-state index contributed by atoms with van der Waals surface area (Å²) in [5, 5.41) is 0.462. The first-order valence-electron chi connectivity index (χ1n) is 5.10. The molecule has 1 aromatic heterocycles. The molecule has 5 heteroatoms. The Morgan fingerprint density at radius 3 is 2.94 bits per heavy atom. The van der Waals surface area contributed by atoms with Crippen molar-refractivity contribution in [2.45, 2.75) is 13.3 Å². The first kappa shape index (κ1) is 12.9. The number of carbonyl (C=O) groups excluding carboxylic acids is 1. The van der Waals surface area contributed by atoms with Gasteiger partial charge in [0.25, 0.3) is 0 Å². The monoisotopic (exact) mass is 243 g/mol. The highest BCUT2D eigenvalue weighted by Crippen LogP contribution is 2.08. The highest BCUT2D eigenvalue weighted by molar-refractivity contribution is 6.30. The minimum absolute atomic E-state index is 0.211. The smallest absolute Gasteiger partial charge is 0.357 e.